The molecule has 132 valence electrons. The molecule has 0 atom stereocenters. The SMILES string of the molecule is CC(C)(CO)NC(=O)Cc1ccc(NC(=O)C2CCCCC2)cc1. The summed E-state index contributed by atoms with van der Waals surface area (Å²) < 4.78 is 0. The lowest BCUT2D eigenvalue weighted by Gasteiger charge is -2.23. The van der Waals surface area contributed by atoms with Crippen LogP contribution in [0.3, 0.4) is 0 Å². The molecule has 0 aliphatic heterocycles. The summed E-state index contributed by atoms with van der Waals surface area (Å²) in [5.41, 5.74) is 1.02. The van der Waals surface area contributed by atoms with E-state index in [1.165, 1.54) is 6.42 Å². The van der Waals surface area contributed by atoms with Gasteiger partial charge in [0, 0.05) is 11.6 Å². The number of aliphatic hydroxyl groups is 1. The van der Waals surface area contributed by atoms with E-state index in [-0.39, 0.29) is 30.8 Å². The number of aliphatic hydroxyl groups excluding tert-OH is 1. The van der Waals surface area contributed by atoms with E-state index in [1.807, 2.05) is 24.3 Å². The molecule has 24 heavy (non-hydrogen) atoms. The molecule has 0 radical (unpaired) electrons. The zero-order valence-corrected chi connectivity index (χ0v) is 14.6. The maximum absolute atomic E-state index is 12.2. The molecular formula is C19H28N2O3. The molecule has 2 rings (SSSR count). The predicted octanol–water partition coefficient (Wildman–Crippen LogP) is 2.63. The second-order valence-corrected chi connectivity index (χ2v) is 7.29. The van der Waals surface area contributed by atoms with Crippen LogP contribution < -0.4 is 10.6 Å². The Morgan fingerprint density at radius 3 is 2.33 bits per heavy atom. The molecule has 0 bridgehead atoms. The zero-order chi connectivity index (χ0) is 17.6. The van der Waals surface area contributed by atoms with Crippen LogP contribution in [0.2, 0.25) is 0 Å². The molecule has 1 aliphatic rings. The second kappa shape index (κ2) is 8.29. The van der Waals surface area contributed by atoms with Gasteiger partial charge in [-0.25, -0.2) is 0 Å². The van der Waals surface area contributed by atoms with Gasteiger partial charge in [0.15, 0.2) is 0 Å². The molecule has 5 nitrogen and oxygen atoms in total. The Morgan fingerprint density at radius 1 is 1.12 bits per heavy atom. The number of carbonyl (C=O) groups excluding carboxylic acids is 2. The van der Waals surface area contributed by atoms with Crippen molar-refractivity contribution >= 4 is 17.5 Å². The van der Waals surface area contributed by atoms with Crippen molar-refractivity contribution in [2.24, 2.45) is 5.92 Å². The molecular weight excluding hydrogens is 304 g/mol. The van der Waals surface area contributed by atoms with Gasteiger partial charge < -0.3 is 15.7 Å². The van der Waals surface area contributed by atoms with Crippen LogP contribution in [-0.4, -0.2) is 29.1 Å². The van der Waals surface area contributed by atoms with Crippen molar-refractivity contribution in [3.05, 3.63) is 29.8 Å². The highest BCUT2D eigenvalue weighted by molar-refractivity contribution is 5.92. The van der Waals surface area contributed by atoms with E-state index in [0.717, 1.165) is 36.9 Å². The lowest BCUT2D eigenvalue weighted by Crippen LogP contribution is -2.46. The Kier molecular flexibility index (Phi) is 6.37. The fourth-order valence-corrected chi connectivity index (χ4v) is 2.96. The van der Waals surface area contributed by atoms with Crippen LogP contribution in [0.1, 0.15) is 51.5 Å². The maximum Gasteiger partial charge on any atom is 0.227 e. The lowest BCUT2D eigenvalue weighted by molar-refractivity contribution is -0.122. The van der Waals surface area contributed by atoms with Gasteiger partial charge in [0.1, 0.15) is 0 Å². The summed E-state index contributed by atoms with van der Waals surface area (Å²) in [6.07, 6.45) is 5.70. The smallest absolute Gasteiger partial charge is 0.227 e. The number of carbonyl (C=O) groups is 2. The molecule has 0 heterocycles. The Morgan fingerprint density at radius 2 is 1.75 bits per heavy atom. The van der Waals surface area contributed by atoms with E-state index < -0.39 is 5.54 Å². The third-order valence-electron chi connectivity index (χ3n) is 4.44. The maximum atomic E-state index is 12.2. The van der Waals surface area contributed by atoms with Crippen molar-refractivity contribution in [1.82, 2.24) is 5.32 Å². The average molecular weight is 332 g/mol. The third kappa shape index (κ3) is 5.64. The molecule has 1 fully saturated rings. The van der Waals surface area contributed by atoms with E-state index in [4.69, 9.17) is 0 Å². The van der Waals surface area contributed by atoms with E-state index >= 15 is 0 Å². The first-order chi connectivity index (χ1) is 11.4. The summed E-state index contributed by atoms with van der Waals surface area (Å²) in [6, 6.07) is 7.37. The van der Waals surface area contributed by atoms with E-state index in [9.17, 15) is 14.7 Å². The number of hydrogen-bond donors (Lipinski definition) is 3. The highest BCUT2D eigenvalue weighted by Crippen LogP contribution is 2.25. The molecule has 3 N–H and O–H groups in total. The molecule has 1 saturated carbocycles. The fourth-order valence-electron chi connectivity index (χ4n) is 2.96. The van der Waals surface area contributed by atoms with Crippen molar-refractivity contribution in [3.8, 4) is 0 Å². The van der Waals surface area contributed by atoms with Crippen LogP contribution in [0.5, 0.6) is 0 Å². The Balaban J connectivity index is 1.86. The molecule has 2 amide bonds. The minimum atomic E-state index is -0.620. The molecule has 1 aromatic carbocycles. The van der Waals surface area contributed by atoms with Crippen LogP contribution >= 0.6 is 0 Å². The van der Waals surface area contributed by atoms with Crippen LogP contribution in [-0.2, 0) is 16.0 Å². The first kappa shape index (κ1) is 18.5. The van der Waals surface area contributed by atoms with Gasteiger partial charge in [0.25, 0.3) is 0 Å². The topological polar surface area (TPSA) is 78.4 Å². The summed E-state index contributed by atoms with van der Waals surface area (Å²) in [7, 11) is 0. The van der Waals surface area contributed by atoms with Crippen molar-refractivity contribution in [3.63, 3.8) is 0 Å². The summed E-state index contributed by atoms with van der Waals surface area (Å²) in [4.78, 5) is 24.2. The minimum Gasteiger partial charge on any atom is -0.394 e. The number of rotatable bonds is 6. The van der Waals surface area contributed by atoms with Gasteiger partial charge in [0.2, 0.25) is 11.8 Å². The fraction of sp³-hybridized carbons (Fsp3) is 0.579. The summed E-state index contributed by atoms with van der Waals surface area (Å²) in [6.45, 7) is 3.44. The van der Waals surface area contributed by atoms with Crippen LogP contribution in [0.15, 0.2) is 24.3 Å². The van der Waals surface area contributed by atoms with Crippen molar-refractivity contribution in [1.29, 1.82) is 0 Å². The van der Waals surface area contributed by atoms with Crippen molar-refractivity contribution < 1.29 is 14.7 Å². The van der Waals surface area contributed by atoms with Gasteiger partial charge in [-0.3, -0.25) is 9.59 Å². The van der Waals surface area contributed by atoms with Gasteiger partial charge in [-0.05, 0) is 44.4 Å². The van der Waals surface area contributed by atoms with Gasteiger partial charge >= 0.3 is 0 Å². The summed E-state index contributed by atoms with van der Waals surface area (Å²) in [5, 5.41) is 14.9. The highest BCUT2D eigenvalue weighted by atomic mass is 16.3. The summed E-state index contributed by atoms with van der Waals surface area (Å²) in [5.74, 6) is 0.0999. The normalized spacial score (nSPS) is 15.8. The zero-order valence-electron chi connectivity index (χ0n) is 14.6. The molecule has 0 spiro atoms. The largest absolute Gasteiger partial charge is 0.394 e. The Labute approximate surface area is 143 Å². The lowest BCUT2D eigenvalue weighted by atomic mass is 9.88. The third-order valence-corrected chi connectivity index (χ3v) is 4.44. The summed E-state index contributed by atoms with van der Waals surface area (Å²) >= 11 is 0. The van der Waals surface area contributed by atoms with Gasteiger partial charge in [-0.15, -0.1) is 0 Å². The van der Waals surface area contributed by atoms with E-state index in [1.54, 1.807) is 13.8 Å². The predicted molar refractivity (Wildman–Crippen MR) is 94.7 cm³/mol. The number of nitrogens with one attached hydrogen (secondary N) is 2. The van der Waals surface area contributed by atoms with Gasteiger partial charge in [-0.1, -0.05) is 31.4 Å². The molecule has 1 aliphatic carbocycles. The minimum absolute atomic E-state index is 0.102. The molecule has 5 heteroatoms. The van der Waals surface area contributed by atoms with Crippen molar-refractivity contribution in [2.75, 3.05) is 11.9 Å². The number of hydrogen-bond acceptors (Lipinski definition) is 3. The number of benzene rings is 1. The van der Waals surface area contributed by atoms with Crippen LogP contribution in [0.25, 0.3) is 0 Å². The quantitative estimate of drug-likeness (QED) is 0.749. The second-order valence-electron chi connectivity index (χ2n) is 7.29. The van der Waals surface area contributed by atoms with E-state index in [2.05, 4.69) is 10.6 Å². The number of amides is 2. The average Bonchev–Trinajstić information content (AvgIpc) is 2.57. The Bertz CT molecular complexity index is 560. The number of anilines is 1. The van der Waals surface area contributed by atoms with Crippen LogP contribution in [0, 0.1) is 5.92 Å². The standard InChI is InChI=1S/C19H28N2O3/c1-19(2,13-22)21-17(23)12-14-8-10-16(11-9-14)20-18(24)15-6-4-3-5-7-15/h8-11,15,22H,3-7,12-13H2,1-2H3,(H,20,24)(H,21,23). The first-order valence-electron chi connectivity index (χ1n) is 8.71. The molecule has 0 unspecified atom stereocenters. The molecule has 0 aromatic heterocycles. The van der Waals surface area contributed by atoms with Gasteiger partial charge in [0.05, 0.1) is 18.6 Å². The van der Waals surface area contributed by atoms with Gasteiger partial charge in [-0.2, -0.15) is 0 Å². The monoisotopic (exact) mass is 332 g/mol. The van der Waals surface area contributed by atoms with E-state index in [0.29, 0.717) is 0 Å². The first-order valence-corrected chi connectivity index (χ1v) is 8.71. The van der Waals surface area contributed by atoms with Crippen LogP contribution in [0.4, 0.5) is 5.69 Å². The highest BCUT2D eigenvalue weighted by Gasteiger charge is 2.21. The Hall–Kier alpha value is -1.88. The van der Waals surface area contributed by atoms with Crippen molar-refractivity contribution in [2.45, 2.75) is 57.9 Å². The molecule has 1 aromatic rings. The molecule has 0 saturated heterocycles.